The van der Waals surface area contributed by atoms with Crippen LogP contribution in [-0.4, -0.2) is 44.1 Å². The fourth-order valence-electron chi connectivity index (χ4n) is 3.53. The summed E-state index contributed by atoms with van der Waals surface area (Å²) in [4.78, 5) is 27.0. The molecular weight excluding hydrogens is 364 g/mol. The molecule has 2 aromatic rings. The number of carbonyl (C=O) groups excluding carboxylic acids is 2. The topological polar surface area (TPSA) is 46.6 Å². The van der Waals surface area contributed by atoms with Gasteiger partial charge in [-0.3, -0.25) is 4.90 Å². The van der Waals surface area contributed by atoms with Crippen molar-refractivity contribution in [1.82, 2.24) is 9.38 Å². The molecular formula is C21H22ClN2O3+. The molecule has 6 heteroatoms. The third-order valence-electron chi connectivity index (χ3n) is 4.84. The number of urea groups is 1. The van der Waals surface area contributed by atoms with E-state index in [0.717, 1.165) is 16.7 Å². The molecule has 0 saturated heterocycles. The molecule has 0 spiro atoms. The third kappa shape index (κ3) is 3.03. The van der Waals surface area contributed by atoms with Gasteiger partial charge in [-0.05, 0) is 11.1 Å². The van der Waals surface area contributed by atoms with Gasteiger partial charge in [0, 0.05) is 43.6 Å². The lowest BCUT2D eigenvalue weighted by molar-refractivity contribution is 0.136. The highest BCUT2D eigenvalue weighted by Gasteiger charge is 2.53. The van der Waals surface area contributed by atoms with E-state index in [1.807, 2.05) is 48.5 Å². The zero-order valence-electron chi connectivity index (χ0n) is 15.6. The number of rotatable bonds is 3. The van der Waals surface area contributed by atoms with E-state index in [9.17, 15) is 9.59 Å². The van der Waals surface area contributed by atoms with Gasteiger partial charge < -0.3 is 4.74 Å². The molecule has 1 heterocycles. The summed E-state index contributed by atoms with van der Waals surface area (Å²) in [7, 11) is 4.52. The van der Waals surface area contributed by atoms with Crippen LogP contribution < -0.4 is 4.48 Å². The summed E-state index contributed by atoms with van der Waals surface area (Å²) in [6, 6.07) is 15.2. The molecule has 1 aliphatic rings. The maximum atomic E-state index is 13.0. The number of ether oxygens (including phenoxy) is 1. The Bertz CT molecular complexity index is 896. The summed E-state index contributed by atoms with van der Waals surface area (Å²) in [5, 5.41) is 0. The number of alkyl halides is 1. The fraction of sp³-hybridized carbons (Fsp3) is 0.238. The number of carbonyl (C=O) groups is 2. The highest BCUT2D eigenvalue weighted by molar-refractivity contribution is 6.18. The summed E-state index contributed by atoms with van der Waals surface area (Å²) >= 11 is 6.32. The van der Waals surface area contributed by atoms with Crippen LogP contribution in [-0.2, 0) is 4.74 Å². The minimum atomic E-state index is -0.650. The monoisotopic (exact) mass is 385 g/mol. The highest BCUT2D eigenvalue weighted by atomic mass is 35.5. The second-order valence-corrected chi connectivity index (χ2v) is 6.89. The lowest BCUT2D eigenvalue weighted by Gasteiger charge is -2.28. The molecule has 3 rings (SSSR count). The van der Waals surface area contributed by atoms with Crippen LogP contribution in [0.3, 0.4) is 0 Å². The van der Waals surface area contributed by atoms with Crippen LogP contribution in [0.5, 0.6) is 0 Å². The van der Waals surface area contributed by atoms with E-state index in [2.05, 4.69) is 0 Å². The number of quaternary nitrogens is 1. The van der Waals surface area contributed by atoms with E-state index in [0.29, 0.717) is 11.6 Å². The Kier molecular flexibility index (Phi) is 5.35. The van der Waals surface area contributed by atoms with Crippen molar-refractivity contribution < 1.29 is 14.3 Å². The van der Waals surface area contributed by atoms with Crippen LogP contribution in [0.15, 0.2) is 54.7 Å². The first-order valence-electron chi connectivity index (χ1n) is 8.60. The van der Waals surface area contributed by atoms with Crippen molar-refractivity contribution in [2.24, 2.45) is 0 Å². The maximum Gasteiger partial charge on any atom is 0.535 e. The summed E-state index contributed by atoms with van der Waals surface area (Å²) in [6.45, 7) is 0. The van der Waals surface area contributed by atoms with E-state index < -0.39 is 16.6 Å². The van der Waals surface area contributed by atoms with Crippen LogP contribution in [0.4, 0.5) is 15.3 Å². The van der Waals surface area contributed by atoms with Gasteiger partial charge in [0.2, 0.25) is 0 Å². The van der Waals surface area contributed by atoms with Crippen molar-refractivity contribution in [1.29, 1.82) is 0 Å². The number of methoxy groups -OCH3 is 1. The van der Waals surface area contributed by atoms with Gasteiger partial charge in [0.25, 0.3) is 0 Å². The largest absolute Gasteiger partial charge is 0.535 e. The average molecular weight is 386 g/mol. The molecule has 2 unspecified atom stereocenters. The Balaban J connectivity index is 2.19. The van der Waals surface area contributed by atoms with Crippen molar-refractivity contribution in [2.45, 2.75) is 5.92 Å². The predicted molar refractivity (Wildman–Crippen MR) is 108 cm³/mol. The SMILES string of the molecule is COC(=O)[N+]1(C(=O)N(C)C)C=Cc2c(C(CCl)c3ccccc3)cccc21. The standard InChI is InChI=1S/C21H22ClN2O3/c1-23(2)20(25)24(21(26)27-3)13-12-17-16(10-7-11-19(17)24)18(14-22)15-8-5-4-6-9-15/h4-13,18H,14H2,1-3H3/q+1. The molecule has 0 aliphatic carbocycles. The van der Waals surface area contributed by atoms with Crippen molar-refractivity contribution in [2.75, 3.05) is 27.1 Å². The van der Waals surface area contributed by atoms with Gasteiger partial charge in [-0.1, -0.05) is 46.9 Å². The van der Waals surface area contributed by atoms with Crippen LogP contribution in [0.25, 0.3) is 6.08 Å². The highest BCUT2D eigenvalue weighted by Crippen LogP contribution is 2.42. The molecule has 0 aromatic heterocycles. The molecule has 2 aromatic carbocycles. The van der Waals surface area contributed by atoms with Gasteiger partial charge >= 0.3 is 12.1 Å². The van der Waals surface area contributed by atoms with E-state index >= 15 is 0 Å². The zero-order valence-corrected chi connectivity index (χ0v) is 16.3. The number of fused-ring (bicyclic) bond motifs is 1. The Hall–Kier alpha value is -2.63. The van der Waals surface area contributed by atoms with Gasteiger partial charge in [-0.15, -0.1) is 11.6 Å². The summed E-state index contributed by atoms with van der Waals surface area (Å²) in [5.74, 6) is 0.327. The Morgan fingerprint density at radius 3 is 2.41 bits per heavy atom. The van der Waals surface area contributed by atoms with Crippen LogP contribution >= 0.6 is 11.6 Å². The molecule has 0 N–H and O–H groups in total. The minimum absolute atomic E-state index is 0.0560. The number of imide groups is 1. The summed E-state index contributed by atoms with van der Waals surface area (Å²) < 4.78 is 4.36. The molecule has 0 saturated carbocycles. The molecule has 27 heavy (non-hydrogen) atoms. The lowest BCUT2D eigenvalue weighted by Crippen LogP contribution is -2.57. The number of hydrogen-bond acceptors (Lipinski definition) is 3. The average Bonchev–Trinajstić information content (AvgIpc) is 3.09. The van der Waals surface area contributed by atoms with Crippen LogP contribution in [0.1, 0.15) is 22.6 Å². The molecule has 2 atom stereocenters. The Labute approximate surface area is 164 Å². The maximum absolute atomic E-state index is 13.0. The van der Waals surface area contributed by atoms with Crippen LogP contribution in [0, 0.1) is 0 Å². The van der Waals surface area contributed by atoms with Crippen molar-refractivity contribution in [3.8, 4) is 0 Å². The minimum Gasteiger partial charge on any atom is -0.422 e. The first-order valence-corrected chi connectivity index (χ1v) is 9.13. The van der Waals surface area contributed by atoms with E-state index in [-0.39, 0.29) is 5.92 Å². The molecule has 140 valence electrons. The molecule has 0 fully saturated rings. The van der Waals surface area contributed by atoms with Crippen LogP contribution in [0.2, 0.25) is 0 Å². The summed E-state index contributed by atoms with van der Waals surface area (Å²) in [5.41, 5.74) is 3.45. The van der Waals surface area contributed by atoms with Crippen molar-refractivity contribution in [3.05, 3.63) is 71.4 Å². The zero-order chi connectivity index (χ0) is 19.6. The van der Waals surface area contributed by atoms with E-state index in [1.165, 1.54) is 12.0 Å². The molecule has 3 amide bonds. The predicted octanol–water partition coefficient (Wildman–Crippen LogP) is 4.80. The fourth-order valence-corrected chi connectivity index (χ4v) is 3.88. The van der Waals surface area contributed by atoms with Gasteiger partial charge in [-0.2, -0.15) is 4.79 Å². The molecule has 0 radical (unpaired) electrons. The molecule has 5 nitrogen and oxygen atoms in total. The first kappa shape index (κ1) is 19.1. The Morgan fingerprint density at radius 1 is 1.11 bits per heavy atom. The number of halogens is 1. The first-order chi connectivity index (χ1) is 13.0. The number of nitrogens with zero attached hydrogens (tertiary/aromatic N) is 2. The van der Waals surface area contributed by atoms with E-state index in [4.69, 9.17) is 16.3 Å². The third-order valence-corrected chi connectivity index (χ3v) is 5.15. The quantitative estimate of drug-likeness (QED) is 0.563. The molecule has 0 bridgehead atoms. The molecule has 1 aliphatic heterocycles. The normalized spacial score (nSPS) is 18.7. The Morgan fingerprint density at radius 2 is 1.81 bits per heavy atom. The van der Waals surface area contributed by atoms with Gasteiger partial charge in [0.15, 0.2) is 5.69 Å². The van der Waals surface area contributed by atoms with Gasteiger partial charge in [-0.25, -0.2) is 4.79 Å². The second-order valence-electron chi connectivity index (χ2n) is 6.58. The van der Waals surface area contributed by atoms with Crippen molar-refractivity contribution in [3.63, 3.8) is 0 Å². The number of hydrogen-bond donors (Lipinski definition) is 0. The summed E-state index contributed by atoms with van der Waals surface area (Å²) in [6.07, 6.45) is 2.74. The number of benzene rings is 2. The lowest BCUT2D eigenvalue weighted by atomic mass is 9.89. The number of amides is 3. The van der Waals surface area contributed by atoms with Gasteiger partial charge in [0.1, 0.15) is 6.20 Å². The smallest absolute Gasteiger partial charge is 0.422 e. The second kappa shape index (κ2) is 7.55. The van der Waals surface area contributed by atoms with Crippen molar-refractivity contribution >= 4 is 35.5 Å². The van der Waals surface area contributed by atoms with E-state index in [1.54, 1.807) is 26.4 Å². The van der Waals surface area contributed by atoms with Gasteiger partial charge in [0.05, 0.1) is 7.11 Å².